The first-order chi connectivity index (χ1) is 10.1. The van der Waals surface area contributed by atoms with E-state index < -0.39 is 10.8 Å². The zero-order valence-electron chi connectivity index (χ0n) is 11.9. The molecule has 21 heavy (non-hydrogen) atoms. The van der Waals surface area contributed by atoms with Gasteiger partial charge in [0.15, 0.2) is 0 Å². The Morgan fingerprint density at radius 1 is 1.57 bits per heavy atom. The molecule has 0 saturated carbocycles. The van der Waals surface area contributed by atoms with Crippen molar-refractivity contribution in [2.45, 2.75) is 12.8 Å². The molecule has 0 radical (unpaired) electrons. The van der Waals surface area contributed by atoms with Crippen molar-refractivity contribution in [1.82, 2.24) is 5.32 Å². The van der Waals surface area contributed by atoms with Crippen LogP contribution in [0.1, 0.15) is 23.2 Å². The van der Waals surface area contributed by atoms with E-state index in [4.69, 9.17) is 0 Å². The number of piperidine rings is 1. The minimum atomic E-state index is -0.554. The molecule has 1 amide bonds. The van der Waals surface area contributed by atoms with E-state index in [0.717, 1.165) is 25.1 Å². The molecule has 0 aliphatic carbocycles. The fourth-order valence-electron chi connectivity index (χ4n) is 2.65. The number of nitro groups is 1. The second kappa shape index (κ2) is 6.53. The number of nitrogens with zero attached hydrogens (tertiary/aromatic N) is 2. The lowest BCUT2D eigenvalue weighted by molar-refractivity contribution is -0.385. The SMILES string of the molecule is CNC(=O)c1cc(N2CCC[C@@H](CO)C2)ccc1[N+](=O)[O-]. The molecule has 0 unspecified atom stereocenters. The van der Waals surface area contributed by atoms with E-state index in [0.29, 0.717) is 6.54 Å². The Labute approximate surface area is 122 Å². The molecule has 1 atom stereocenters. The Kier molecular flexibility index (Phi) is 4.74. The van der Waals surface area contributed by atoms with E-state index in [1.54, 1.807) is 12.1 Å². The molecular weight excluding hydrogens is 274 g/mol. The van der Waals surface area contributed by atoms with Gasteiger partial charge in [0.25, 0.3) is 11.6 Å². The second-order valence-corrected chi connectivity index (χ2v) is 5.17. The average molecular weight is 293 g/mol. The van der Waals surface area contributed by atoms with E-state index in [-0.39, 0.29) is 23.8 Å². The van der Waals surface area contributed by atoms with Crippen LogP contribution >= 0.6 is 0 Å². The fraction of sp³-hybridized carbons (Fsp3) is 0.500. The van der Waals surface area contributed by atoms with Gasteiger partial charge in [0, 0.05) is 38.5 Å². The molecule has 0 spiro atoms. The Bertz CT molecular complexity index is 547. The second-order valence-electron chi connectivity index (χ2n) is 5.17. The first-order valence-corrected chi connectivity index (χ1v) is 6.93. The number of carbonyl (C=O) groups is 1. The molecule has 0 aromatic heterocycles. The maximum atomic E-state index is 11.8. The number of carbonyl (C=O) groups excluding carboxylic acids is 1. The van der Waals surface area contributed by atoms with Crippen LogP contribution in [0.15, 0.2) is 18.2 Å². The zero-order valence-corrected chi connectivity index (χ0v) is 11.9. The van der Waals surface area contributed by atoms with E-state index in [9.17, 15) is 20.0 Å². The number of nitro benzene ring substituents is 1. The topological polar surface area (TPSA) is 95.7 Å². The highest BCUT2D eigenvalue weighted by Gasteiger charge is 2.24. The lowest BCUT2D eigenvalue weighted by Gasteiger charge is -2.33. The van der Waals surface area contributed by atoms with E-state index in [1.807, 2.05) is 0 Å². The van der Waals surface area contributed by atoms with Crippen molar-refractivity contribution in [2.24, 2.45) is 5.92 Å². The Morgan fingerprint density at radius 3 is 2.95 bits per heavy atom. The van der Waals surface area contributed by atoms with Crippen molar-refractivity contribution in [3.8, 4) is 0 Å². The molecule has 1 saturated heterocycles. The monoisotopic (exact) mass is 293 g/mol. The molecule has 1 aliphatic heterocycles. The van der Waals surface area contributed by atoms with Crippen molar-refractivity contribution in [1.29, 1.82) is 0 Å². The summed E-state index contributed by atoms with van der Waals surface area (Å²) < 4.78 is 0. The van der Waals surface area contributed by atoms with E-state index in [1.165, 1.54) is 13.1 Å². The van der Waals surface area contributed by atoms with Gasteiger partial charge < -0.3 is 15.3 Å². The number of aliphatic hydroxyl groups excluding tert-OH is 1. The molecule has 1 aromatic carbocycles. The number of benzene rings is 1. The average Bonchev–Trinajstić information content (AvgIpc) is 2.53. The number of hydrogen-bond donors (Lipinski definition) is 2. The van der Waals surface area contributed by atoms with Crippen molar-refractivity contribution in [3.63, 3.8) is 0 Å². The molecule has 7 heteroatoms. The summed E-state index contributed by atoms with van der Waals surface area (Å²) in [6.07, 6.45) is 1.93. The van der Waals surface area contributed by atoms with Gasteiger partial charge in [-0.25, -0.2) is 0 Å². The van der Waals surface area contributed by atoms with Gasteiger partial charge in [0.1, 0.15) is 5.56 Å². The molecular formula is C14H19N3O4. The van der Waals surface area contributed by atoms with E-state index >= 15 is 0 Å². The Hall–Kier alpha value is -2.15. The molecule has 1 aromatic rings. The first kappa shape index (κ1) is 15.2. The van der Waals surface area contributed by atoms with Crippen LogP contribution < -0.4 is 10.2 Å². The van der Waals surface area contributed by atoms with Gasteiger partial charge in [0.2, 0.25) is 0 Å². The van der Waals surface area contributed by atoms with Crippen LogP contribution in [0.25, 0.3) is 0 Å². The molecule has 1 aliphatic rings. The maximum absolute atomic E-state index is 11.8. The number of aliphatic hydroxyl groups is 1. The fourth-order valence-corrected chi connectivity index (χ4v) is 2.65. The first-order valence-electron chi connectivity index (χ1n) is 6.93. The maximum Gasteiger partial charge on any atom is 0.282 e. The molecule has 1 heterocycles. The summed E-state index contributed by atoms with van der Waals surface area (Å²) in [5, 5.41) is 22.7. The van der Waals surface area contributed by atoms with Gasteiger partial charge in [-0.05, 0) is 30.9 Å². The van der Waals surface area contributed by atoms with Gasteiger partial charge in [0.05, 0.1) is 4.92 Å². The number of amides is 1. The number of hydrogen-bond acceptors (Lipinski definition) is 5. The smallest absolute Gasteiger partial charge is 0.282 e. The van der Waals surface area contributed by atoms with Gasteiger partial charge in [-0.3, -0.25) is 14.9 Å². The zero-order chi connectivity index (χ0) is 15.4. The molecule has 114 valence electrons. The third-order valence-corrected chi connectivity index (χ3v) is 3.79. The van der Waals surface area contributed by atoms with Gasteiger partial charge in [-0.15, -0.1) is 0 Å². The minimum Gasteiger partial charge on any atom is -0.396 e. The summed E-state index contributed by atoms with van der Waals surface area (Å²) in [7, 11) is 1.45. The molecule has 0 bridgehead atoms. The highest BCUT2D eigenvalue weighted by molar-refractivity contribution is 5.99. The summed E-state index contributed by atoms with van der Waals surface area (Å²) in [6.45, 7) is 1.65. The predicted molar refractivity (Wildman–Crippen MR) is 78.5 cm³/mol. The van der Waals surface area contributed by atoms with Gasteiger partial charge in [-0.2, -0.15) is 0 Å². The normalized spacial score (nSPS) is 18.4. The Morgan fingerprint density at radius 2 is 2.33 bits per heavy atom. The molecule has 1 fully saturated rings. The van der Waals surface area contributed by atoms with Crippen molar-refractivity contribution in [3.05, 3.63) is 33.9 Å². The summed E-state index contributed by atoms with van der Waals surface area (Å²) >= 11 is 0. The molecule has 7 nitrogen and oxygen atoms in total. The van der Waals surface area contributed by atoms with Crippen LogP contribution in [0.5, 0.6) is 0 Å². The summed E-state index contributed by atoms with van der Waals surface area (Å²) in [6, 6.07) is 4.57. The van der Waals surface area contributed by atoms with Crippen molar-refractivity contribution in [2.75, 3.05) is 31.6 Å². The predicted octanol–water partition coefficient (Wildman–Crippen LogP) is 1.16. The van der Waals surface area contributed by atoms with Crippen LogP contribution in [0.2, 0.25) is 0 Å². The largest absolute Gasteiger partial charge is 0.396 e. The molecule has 2 N–H and O–H groups in total. The summed E-state index contributed by atoms with van der Waals surface area (Å²) in [5.41, 5.74) is 0.636. The third kappa shape index (κ3) is 3.30. The van der Waals surface area contributed by atoms with Crippen LogP contribution in [0.3, 0.4) is 0 Å². The number of rotatable bonds is 4. The minimum absolute atomic E-state index is 0.0612. The highest BCUT2D eigenvalue weighted by atomic mass is 16.6. The third-order valence-electron chi connectivity index (χ3n) is 3.79. The Balaban J connectivity index is 2.33. The van der Waals surface area contributed by atoms with Crippen LogP contribution in [-0.4, -0.2) is 42.7 Å². The van der Waals surface area contributed by atoms with Crippen LogP contribution in [-0.2, 0) is 0 Å². The summed E-state index contributed by atoms with van der Waals surface area (Å²) in [4.78, 5) is 24.3. The lowest BCUT2D eigenvalue weighted by Crippen LogP contribution is -2.37. The van der Waals surface area contributed by atoms with E-state index in [2.05, 4.69) is 10.2 Å². The van der Waals surface area contributed by atoms with Crippen LogP contribution in [0.4, 0.5) is 11.4 Å². The highest BCUT2D eigenvalue weighted by Crippen LogP contribution is 2.28. The number of anilines is 1. The quantitative estimate of drug-likeness (QED) is 0.641. The summed E-state index contributed by atoms with van der Waals surface area (Å²) in [5.74, 6) is -0.267. The standard InChI is InChI=1S/C14H19N3O4/c1-15-14(19)12-7-11(4-5-13(12)17(20)21)16-6-2-3-10(8-16)9-18/h4-5,7,10,18H,2-3,6,8-9H2,1H3,(H,15,19)/t10-/m1/s1. The number of nitrogens with one attached hydrogen (secondary N) is 1. The van der Waals surface area contributed by atoms with Crippen molar-refractivity contribution >= 4 is 17.3 Å². The van der Waals surface area contributed by atoms with Gasteiger partial charge >= 0.3 is 0 Å². The lowest BCUT2D eigenvalue weighted by atomic mass is 9.98. The van der Waals surface area contributed by atoms with Gasteiger partial charge in [-0.1, -0.05) is 0 Å². The molecule has 2 rings (SSSR count). The van der Waals surface area contributed by atoms with Crippen molar-refractivity contribution < 1.29 is 14.8 Å². The van der Waals surface area contributed by atoms with Crippen LogP contribution in [0, 0.1) is 16.0 Å².